The zero-order chi connectivity index (χ0) is 19.8. The van der Waals surface area contributed by atoms with E-state index < -0.39 is 10.0 Å². The molecule has 0 aromatic heterocycles. The molecule has 0 saturated heterocycles. The van der Waals surface area contributed by atoms with Crippen molar-refractivity contribution in [3.8, 4) is 5.75 Å². The van der Waals surface area contributed by atoms with E-state index in [1.54, 1.807) is 38.3 Å². The van der Waals surface area contributed by atoms with Gasteiger partial charge in [0.25, 0.3) is 10.0 Å². The molecule has 0 saturated carbocycles. The monoisotopic (exact) mass is 408 g/mol. The summed E-state index contributed by atoms with van der Waals surface area (Å²) in [5, 5.41) is 0.220. The van der Waals surface area contributed by atoms with Gasteiger partial charge in [-0.3, -0.25) is 4.72 Å². The fourth-order valence-corrected chi connectivity index (χ4v) is 5.64. The Hall–Kier alpha value is -1.76. The molecule has 3 rings (SSSR count). The number of likely N-dealkylation sites (N-methyl/N-ethyl adjacent to an activating group) is 1. The van der Waals surface area contributed by atoms with Gasteiger partial charge in [0, 0.05) is 11.6 Å². The normalized spacial score (nSPS) is 16.9. The second kappa shape index (κ2) is 7.70. The van der Waals surface area contributed by atoms with Crippen molar-refractivity contribution < 1.29 is 13.2 Å². The molecule has 0 bridgehead atoms. The quantitative estimate of drug-likeness (QED) is 0.815. The number of methoxy groups -OCH3 is 1. The molecular formula is C20H25ClN2O3S. The van der Waals surface area contributed by atoms with Gasteiger partial charge in [0.1, 0.15) is 10.6 Å². The van der Waals surface area contributed by atoms with Crippen LogP contribution in [-0.2, 0) is 22.9 Å². The Morgan fingerprint density at radius 1 is 1.19 bits per heavy atom. The van der Waals surface area contributed by atoms with Crippen LogP contribution in [0.5, 0.6) is 5.75 Å². The second-order valence-corrected chi connectivity index (χ2v) is 9.15. The first kappa shape index (κ1) is 20.0. The molecule has 5 nitrogen and oxygen atoms in total. The zero-order valence-electron chi connectivity index (χ0n) is 16.0. The summed E-state index contributed by atoms with van der Waals surface area (Å²) >= 11 is 6.18. The molecule has 2 aromatic carbocycles. The van der Waals surface area contributed by atoms with Gasteiger partial charge < -0.3 is 9.64 Å². The summed E-state index contributed by atoms with van der Waals surface area (Å²) in [5.74, 6) is 0.799. The van der Waals surface area contributed by atoms with E-state index in [2.05, 4.69) is 23.7 Å². The van der Waals surface area contributed by atoms with Crippen molar-refractivity contribution in [1.29, 1.82) is 0 Å². The Morgan fingerprint density at radius 2 is 1.93 bits per heavy atom. The lowest BCUT2D eigenvalue weighted by molar-refractivity contribution is 0.265. The minimum absolute atomic E-state index is 0.123. The lowest BCUT2D eigenvalue weighted by Crippen LogP contribution is -2.34. The van der Waals surface area contributed by atoms with Crippen LogP contribution in [0, 0.1) is 6.92 Å². The van der Waals surface area contributed by atoms with E-state index in [0.717, 1.165) is 36.1 Å². The molecule has 0 fully saturated rings. The summed E-state index contributed by atoms with van der Waals surface area (Å²) in [6.45, 7) is 1.74. The van der Waals surface area contributed by atoms with Gasteiger partial charge in [0.15, 0.2) is 0 Å². The Balaban J connectivity index is 2.03. The fraction of sp³-hybridized carbons (Fsp3) is 0.400. The first-order valence-corrected chi connectivity index (χ1v) is 10.7. The number of ether oxygens (including phenoxy) is 1. The third kappa shape index (κ3) is 3.93. The van der Waals surface area contributed by atoms with Crippen LogP contribution in [0.2, 0.25) is 5.02 Å². The van der Waals surface area contributed by atoms with Crippen molar-refractivity contribution >= 4 is 27.3 Å². The molecule has 7 heteroatoms. The van der Waals surface area contributed by atoms with Gasteiger partial charge in [-0.2, -0.15) is 0 Å². The van der Waals surface area contributed by atoms with Gasteiger partial charge >= 0.3 is 0 Å². The summed E-state index contributed by atoms with van der Waals surface area (Å²) in [5.41, 5.74) is 3.28. The molecule has 1 aliphatic rings. The molecule has 0 heterocycles. The Morgan fingerprint density at radius 3 is 2.56 bits per heavy atom. The van der Waals surface area contributed by atoms with Gasteiger partial charge in [-0.15, -0.1) is 0 Å². The number of halogens is 1. The molecule has 2 aromatic rings. The van der Waals surface area contributed by atoms with Crippen LogP contribution in [-0.4, -0.2) is 40.6 Å². The first-order valence-electron chi connectivity index (χ1n) is 8.87. The lowest BCUT2D eigenvalue weighted by atomic mass is 9.86. The van der Waals surface area contributed by atoms with Gasteiger partial charge in [0.2, 0.25) is 0 Å². The van der Waals surface area contributed by atoms with Crippen LogP contribution < -0.4 is 9.46 Å². The number of sulfonamides is 1. The Kier molecular flexibility index (Phi) is 5.70. The van der Waals surface area contributed by atoms with Crippen LogP contribution in [0.3, 0.4) is 0 Å². The maximum absolute atomic E-state index is 13.0. The third-order valence-electron chi connectivity index (χ3n) is 5.18. The van der Waals surface area contributed by atoms with E-state index in [1.807, 2.05) is 6.07 Å². The number of benzene rings is 2. The fourth-order valence-electron chi connectivity index (χ4n) is 3.71. The standard InChI is InChI=1S/C20H25ClN2O3S/c1-13-6-5-7-17(21)20(13)27(24,25)22-18-10-11-19(26-4)16-12-14(23(2)3)8-9-15(16)18/h5-7,10-11,14,22H,8-9,12H2,1-4H3. The van der Waals surface area contributed by atoms with Crippen LogP contribution in [0.4, 0.5) is 5.69 Å². The van der Waals surface area contributed by atoms with E-state index in [4.69, 9.17) is 16.3 Å². The van der Waals surface area contributed by atoms with Gasteiger partial charge in [-0.05, 0) is 69.6 Å². The van der Waals surface area contributed by atoms with Crippen molar-refractivity contribution in [2.45, 2.75) is 37.1 Å². The Labute approximate surface area is 166 Å². The van der Waals surface area contributed by atoms with Gasteiger partial charge in [-0.25, -0.2) is 8.42 Å². The number of nitrogens with zero attached hydrogens (tertiary/aromatic N) is 1. The molecule has 1 unspecified atom stereocenters. The summed E-state index contributed by atoms with van der Waals surface area (Å²) in [7, 11) is 1.98. The average Bonchev–Trinajstić information content (AvgIpc) is 2.60. The highest BCUT2D eigenvalue weighted by Crippen LogP contribution is 2.37. The SMILES string of the molecule is COc1ccc(NS(=O)(=O)c2c(C)cccc2Cl)c2c1CC(N(C)C)CC2. The molecule has 0 spiro atoms. The summed E-state index contributed by atoms with van der Waals surface area (Å²) in [6.07, 6.45) is 2.58. The number of aryl methyl sites for hydroxylation is 1. The molecule has 146 valence electrons. The lowest BCUT2D eigenvalue weighted by Gasteiger charge is -2.32. The van der Waals surface area contributed by atoms with Crippen molar-refractivity contribution in [2.75, 3.05) is 25.9 Å². The predicted molar refractivity (Wildman–Crippen MR) is 109 cm³/mol. The highest BCUT2D eigenvalue weighted by Gasteiger charge is 2.28. The second-order valence-electron chi connectivity index (χ2n) is 7.12. The van der Waals surface area contributed by atoms with Crippen molar-refractivity contribution in [3.63, 3.8) is 0 Å². The number of hydrogen-bond donors (Lipinski definition) is 1. The smallest absolute Gasteiger partial charge is 0.263 e. The van der Waals surface area contributed by atoms with Crippen molar-refractivity contribution in [3.05, 3.63) is 52.0 Å². The van der Waals surface area contributed by atoms with Crippen molar-refractivity contribution in [2.24, 2.45) is 0 Å². The van der Waals surface area contributed by atoms with Crippen LogP contribution >= 0.6 is 11.6 Å². The number of anilines is 1. The molecule has 27 heavy (non-hydrogen) atoms. The molecular weight excluding hydrogens is 384 g/mol. The molecule has 0 amide bonds. The maximum atomic E-state index is 13.0. The van der Waals surface area contributed by atoms with E-state index in [1.165, 1.54) is 0 Å². The number of rotatable bonds is 5. The molecule has 0 radical (unpaired) electrons. The number of nitrogens with one attached hydrogen (secondary N) is 1. The highest BCUT2D eigenvalue weighted by atomic mass is 35.5. The first-order chi connectivity index (χ1) is 12.7. The number of fused-ring (bicyclic) bond motifs is 1. The number of hydrogen-bond acceptors (Lipinski definition) is 4. The van der Waals surface area contributed by atoms with Gasteiger partial charge in [-0.1, -0.05) is 23.7 Å². The summed E-state index contributed by atoms with van der Waals surface area (Å²) in [4.78, 5) is 2.32. The van der Waals surface area contributed by atoms with Crippen LogP contribution in [0.25, 0.3) is 0 Å². The molecule has 1 N–H and O–H groups in total. The van der Waals surface area contributed by atoms with Crippen LogP contribution in [0.1, 0.15) is 23.1 Å². The molecule has 1 aliphatic carbocycles. The van der Waals surface area contributed by atoms with E-state index in [9.17, 15) is 8.42 Å². The summed E-state index contributed by atoms with van der Waals surface area (Å²) in [6, 6.07) is 9.09. The van der Waals surface area contributed by atoms with Crippen LogP contribution in [0.15, 0.2) is 35.2 Å². The minimum atomic E-state index is -3.79. The van der Waals surface area contributed by atoms with E-state index in [0.29, 0.717) is 17.3 Å². The summed E-state index contributed by atoms with van der Waals surface area (Å²) < 4.78 is 34.3. The Bertz CT molecular complexity index is 938. The van der Waals surface area contributed by atoms with E-state index >= 15 is 0 Å². The van der Waals surface area contributed by atoms with E-state index in [-0.39, 0.29) is 9.92 Å². The minimum Gasteiger partial charge on any atom is -0.496 e. The predicted octanol–water partition coefficient (Wildman–Crippen LogP) is 3.88. The largest absolute Gasteiger partial charge is 0.496 e. The maximum Gasteiger partial charge on any atom is 0.263 e. The zero-order valence-corrected chi connectivity index (χ0v) is 17.6. The van der Waals surface area contributed by atoms with Crippen molar-refractivity contribution in [1.82, 2.24) is 4.90 Å². The topological polar surface area (TPSA) is 58.6 Å². The molecule has 1 atom stereocenters. The average molecular weight is 409 g/mol. The highest BCUT2D eigenvalue weighted by molar-refractivity contribution is 7.92. The third-order valence-corrected chi connectivity index (χ3v) is 7.18. The molecule has 0 aliphatic heterocycles. The van der Waals surface area contributed by atoms with Gasteiger partial charge in [0.05, 0.1) is 17.8 Å².